The number of ether oxygens (including phenoxy) is 1. The normalized spacial score (nSPS) is 11.8. The van der Waals surface area contributed by atoms with E-state index in [2.05, 4.69) is 19.2 Å². The molecular formula is C14H21F2NO. The van der Waals surface area contributed by atoms with E-state index in [-0.39, 0.29) is 5.41 Å². The molecule has 0 radical (unpaired) electrons. The summed E-state index contributed by atoms with van der Waals surface area (Å²) in [5.74, 6) is -1.58. The largest absolute Gasteiger partial charge is 0.383 e. The maximum atomic E-state index is 13.1. The van der Waals surface area contributed by atoms with Gasteiger partial charge in [0.05, 0.1) is 6.61 Å². The number of rotatable bonds is 7. The molecule has 102 valence electrons. The second-order valence-corrected chi connectivity index (χ2v) is 5.26. The van der Waals surface area contributed by atoms with Gasteiger partial charge in [-0.1, -0.05) is 19.9 Å². The van der Waals surface area contributed by atoms with Crippen LogP contribution in [-0.4, -0.2) is 26.8 Å². The zero-order valence-corrected chi connectivity index (χ0v) is 11.2. The Morgan fingerprint density at radius 3 is 2.56 bits per heavy atom. The standard InChI is InChI=1S/C14H21F2NO/c1-14(2,10-17-6-7-18-3)9-11-4-5-12(15)13(16)8-11/h4-5,8,17H,6-7,9-10H2,1-3H3. The van der Waals surface area contributed by atoms with E-state index in [1.165, 1.54) is 12.1 Å². The molecule has 0 aromatic heterocycles. The van der Waals surface area contributed by atoms with Gasteiger partial charge >= 0.3 is 0 Å². The van der Waals surface area contributed by atoms with Gasteiger partial charge in [-0.15, -0.1) is 0 Å². The first-order valence-electron chi connectivity index (χ1n) is 6.08. The van der Waals surface area contributed by atoms with Crippen molar-refractivity contribution in [1.29, 1.82) is 0 Å². The molecule has 0 amide bonds. The van der Waals surface area contributed by atoms with Crippen molar-refractivity contribution in [2.24, 2.45) is 5.41 Å². The number of methoxy groups -OCH3 is 1. The molecule has 0 aliphatic carbocycles. The van der Waals surface area contributed by atoms with Crippen molar-refractivity contribution in [2.45, 2.75) is 20.3 Å². The molecule has 1 aromatic rings. The van der Waals surface area contributed by atoms with Crippen LogP contribution in [0, 0.1) is 17.0 Å². The third-order valence-electron chi connectivity index (χ3n) is 2.75. The van der Waals surface area contributed by atoms with Gasteiger partial charge in [0.25, 0.3) is 0 Å². The molecule has 1 N–H and O–H groups in total. The second kappa shape index (κ2) is 6.81. The lowest BCUT2D eigenvalue weighted by Crippen LogP contribution is -2.33. The molecule has 1 rings (SSSR count). The van der Waals surface area contributed by atoms with Gasteiger partial charge in [-0.3, -0.25) is 0 Å². The van der Waals surface area contributed by atoms with E-state index in [1.807, 2.05) is 0 Å². The van der Waals surface area contributed by atoms with Crippen molar-refractivity contribution in [1.82, 2.24) is 5.32 Å². The molecule has 0 bridgehead atoms. The lowest BCUT2D eigenvalue weighted by Gasteiger charge is -2.25. The van der Waals surface area contributed by atoms with E-state index in [1.54, 1.807) is 13.2 Å². The maximum Gasteiger partial charge on any atom is 0.159 e. The Morgan fingerprint density at radius 1 is 1.22 bits per heavy atom. The fourth-order valence-electron chi connectivity index (χ4n) is 1.87. The Labute approximate surface area is 107 Å². The fourth-order valence-corrected chi connectivity index (χ4v) is 1.87. The highest BCUT2D eigenvalue weighted by Crippen LogP contribution is 2.22. The molecule has 0 spiro atoms. The van der Waals surface area contributed by atoms with Gasteiger partial charge in [-0.05, 0) is 29.5 Å². The molecule has 4 heteroatoms. The molecule has 0 atom stereocenters. The highest BCUT2D eigenvalue weighted by atomic mass is 19.2. The van der Waals surface area contributed by atoms with Crippen LogP contribution in [0.2, 0.25) is 0 Å². The number of hydrogen-bond donors (Lipinski definition) is 1. The lowest BCUT2D eigenvalue weighted by molar-refractivity contribution is 0.194. The van der Waals surface area contributed by atoms with Crippen LogP contribution >= 0.6 is 0 Å². The maximum absolute atomic E-state index is 13.1. The number of halogens is 2. The van der Waals surface area contributed by atoms with Gasteiger partial charge in [-0.2, -0.15) is 0 Å². The quantitative estimate of drug-likeness (QED) is 0.758. The molecule has 0 aliphatic rings. The van der Waals surface area contributed by atoms with E-state index in [0.29, 0.717) is 13.0 Å². The summed E-state index contributed by atoms with van der Waals surface area (Å²) in [5, 5.41) is 3.28. The predicted molar refractivity (Wildman–Crippen MR) is 68.6 cm³/mol. The monoisotopic (exact) mass is 257 g/mol. The molecule has 0 heterocycles. The summed E-state index contributed by atoms with van der Waals surface area (Å²) < 4.78 is 30.9. The van der Waals surface area contributed by atoms with Crippen LogP contribution in [-0.2, 0) is 11.2 Å². The van der Waals surface area contributed by atoms with Crippen molar-refractivity contribution in [3.63, 3.8) is 0 Å². The lowest BCUT2D eigenvalue weighted by atomic mass is 9.85. The van der Waals surface area contributed by atoms with Crippen LogP contribution in [0.5, 0.6) is 0 Å². The Bertz CT molecular complexity index is 380. The first-order valence-corrected chi connectivity index (χ1v) is 6.08. The third-order valence-corrected chi connectivity index (χ3v) is 2.75. The van der Waals surface area contributed by atoms with Crippen LogP contribution < -0.4 is 5.32 Å². The minimum Gasteiger partial charge on any atom is -0.383 e. The van der Waals surface area contributed by atoms with Crippen molar-refractivity contribution in [3.05, 3.63) is 35.4 Å². The zero-order chi connectivity index (χ0) is 13.6. The summed E-state index contributed by atoms with van der Waals surface area (Å²) in [6, 6.07) is 4.08. The van der Waals surface area contributed by atoms with Crippen LogP contribution in [0.25, 0.3) is 0 Å². The van der Waals surface area contributed by atoms with Crippen LogP contribution in [0.4, 0.5) is 8.78 Å². The molecule has 0 saturated heterocycles. The van der Waals surface area contributed by atoms with Crippen molar-refractivity contribution < 1.29 is 13.5 Å². The molecule has 0 saturated carbocycles. The van der Waals surface area contributed by atoms with Crippen molar-refractivity contribution >= 4 is 0 Å². The van der Waals surface area contributed by atoms with E-state index >= 15 is 0 Å². The smallest absolute Gasteiger partial charge is 0.159 e. The molecule has 18 heavy (non-hydrogen) atoms. The zero-order valence-electron chi connectivity index (χ0n) is 11.2. The Morgan fingerprint density at radius 2 is 1.94 bits per heavy atom. The Balaban J connectivity index is 2.50. The summed E-state index contributed by atoms with van der Waals surface area (Å²) in [5.41, 5.74) is 0.797. The number of hydrogen-bond acceptors (Lipinski definition) is 2. The average molecular weight is 257 g/mol. The highest BCUT2D eigenvalue weighted by molar-refractivity contribution is 5.19. The SMILES string of the molecule is COCCNCC(C)(C)Cc1ccc(F)c(F)c1. The minimum absolute atomic E-state index is 0.0159. The van der Waals surface area contributed by atoms with Crippen LogP contribution in [0.1, 0.15) is 19.4 Å². The van der Waals surface area contributed by atoms with Gasteiger partial charge in [0.1, 0.15) is 0 Å². The topological polar surface area (TPSA) is 21.3 Å². The average Bonchev–Trinajstić information content (AvgIpc) is 2.29. The summed E-state index contributed by atoms with van der Waals surface area (Å²) >= 11 is 0. The van der Waals surface area contributed by atoms with Gasteiger partial charge in [0.2, 0.25) is 0 Å². The predicted octanol–water partition coefficient (Wildman–Crippen LogP) is 2.77. The minimum atomic E-state index is -0.797. The summed E-state index contributed by atoms with van der Waals surface area (Å²) in [6.45, 7) is 6.44. The second-order valence-electron chi connectivity index (χ2n) is 5.26. The molecular weight excluding hydrogens is 236 g/mol. The van der Waals surface area contributed by atoms with E-state index < -0.39 is 11.6 Å². The summed E-state index contributed by atoms with van der Waals surface area (Å²) in [7, 11) is 1.66. The van der Waals surface area contributed by atoms with Crippen molar-refractivity contribution in [3.8, 4) is 0 Å². The van der Waals surface area contributed by atoms with Crippen LogP contribution in [0.3, 0.4) is 0 Å². The van der Waals surface area contributed by atoms with Gasteiger partial charge in [0, 0.05) is 20.2 Å². The summed E-state index contributed by atoms with van der Waals surface area (Å²) in [4.78, 5) is 0. The van der Waals surface area contributed by atoms with Gasteiger partial charge in [-0.25, -0.2) is 8.78 Å². The molecule has 1 aromatic carbocycles. The van der Waals surface area contributed by atoms with Gasteiger partial charge in [0.15, 0.2) is 11.6 Å². The van der Waals surface area contributed by atoms with Crippen molar-refractivity contribution in [2.75, 3.05) is 26.8 Å². The highest BCUT2D eigenvalue weighted by Gasteiger charge is 2.18. The third kappa shape index (κ3) is 5.10. The number of nitrogens with one attached hydrogen (secondary N) is 1. The first-order chi connectivity index (χ1) is 8.44. The fraction of sp³-hybridized carbons (Fsp3) is 0.571. The van der Waals surface area contributed by atoms with E-state index in [0.717, 1.165) is 18.7 Å². The molecule has 0 fully saturated rings. The van der Waals surface area contributed by atoms with E-state index in [4.69, 9.17) is 4.74 Å². The van der Waals surface area contributed by atoms with E-state index in [9.17, 15) is 8.78 Å². The Hall–Kier alpha value is -1.00. The van der Waals surface area contributed by atoms with Gasteiger partial charge < -0.3 is 10.1 Å². The number of benzene rings is 1. The Kier molecular flexibility index (Phi) is 5.69. The van der Waals surface area contributed by atoms with Crippen LogP contribution in [0.15, 0.2) is 18.2 Å². The molecule has 0 unspecified atom stereocenters. The molecule has 2 nitrogen and oxygen atoms in total. The first kappa shape index (κ1) is 15.1. The summed E-state index contributed by atoms with van der Waals surface area (Å²) in [6.07, 6.45) is 0.699. The molecule has 0 aliphatic heterocycles.